The van der Waals surface area contributed by atoms with Crippen LogP contribution >= 0.6 is 0 Å². The summed E-state index contributed by atoms with van der Waals surface area (Å²) in [7, 11) is 0. The number of hydrogen-bond acceptors (Lipinski definition) is 4. The van der Waals surface area contributed by atoms with E-state index in [9.17, 15) is 24.3 Å². The van der Waals surface area contributed by atoms with E-state index >= 15 is 0 Å². The van der Waals surface area contributed by atoms with Crippen molar-refractivity contribution in [2.45, 2.75) is 52.6 Å². The van der Waals surface area contributed by atoms with Crippen molar-refractivity contribution in [3.63, 3.8) is 0 Å². The summed E-state index contributed by atoms with van der Waals surface area (Å²) in [6, 6.07) is 4.31. The minimum Gasteiger partial charge on any atom is -0.480 e. The Bertz CT molecular complexity index is 723. The Labute approximate surface area is 158 Å². The van der Waals surface area contributed by atoms with Crippen LogP contribution in [0.1, 0.15) is 61.3 Å². The molecular weight excluding hydrogens is 348 g/mol. The summed E-state index contributed by atoms with van der Waals surface area (Å²) in [5, 5.41) is 11.9. The minimum absolute atomic E-state index is 0.0627. The summed E-state index contributed by atoms with van der Waals surface area (Å²) >= 11 is 0. The molecule has 1 heterocycles. The number of amides is 3. The van der Waals surface area contributed by atoms with Crippen LogP contribution in [0.5, 0.6) is 0 Å². The molecule has 1 aromatic carbocycles. The number of carbonyl (C=O) groups is 4. The zero-order valence-corrected chi connectivity index (χ0v) is 16.1. The Morgan fingerprint density at radius 1 is 1.07 bits per heavy atom. The van der Waals surface area contributed by atoms with Crippen LogP contribution < -0.4 is 5.32 Å². The number of aliphatic carboxylic acids is 1. The second-order valence-corrected chi connectivity index (χ2v) is 7.39. The maximum atomic E-state index is 12.9. The summed E-state index contributed by atoms with van der Waals surface area (Å²) < 4.78 is 0. The molecule has 1 aromatic rings. The first-order valence-corrected chi connectivity index (χ1v) is 9.19. The van der Waals surface area contributed by atoms with Gasteiger partial charge in [0.1, 0.15) is 12.1 Å². The summed E-state index contributed by atoms with van der Waals surface area (Å²) in [6.45, 7) is 7.34. The van der Waals surface area contributed by atoms with Gasteiger partial charge in [0.15, 0.2) is 0 Å². The largest absolute Gasteiger partial charge is 0.480 e. The van der Waals surface area contributed by atoms with Crippen LogP contribution in [0, 0.1) is 11.8 Å². The number of nitrogens with zero attached hydrogens (tertiary/aromatic N) is 1. The Morgan fingerprint density at radius 3 is 2.00 bits per heavy atom. The van der Waals surface area contributed by atoms with Gasteiger partial charge in [-0.25, -0.2) is 4.79 Å². The second-order valence-electron chi connectivity index (χ2n) is 7.39. The predicted octanol–water partition coefficient (Wildman–Crippen LogP) is 2.31. The van der Waals surface area contributed by atoms with Gasteiger partial charge in [0, 0.05) is 0 Å². The minimum atomic E-state index is -1.14. The van der Waals surface area contributed by atoms with Gasteiger partial charge in [0.2, 0.25) is 5.91 Å². The van der Waals surface area contributed by atoms with Gasteiger partial charge in [-0.15, -0.1) is 0 Å². The highest BCUT2D eigenvalue weighted by Gasteiger charge is 2.45. The van der Waals surface area contributed by atoms with Gasteiger partial charge in [-0.05, 0) is 30.4 Å². The fourth-order valence-electron chi connectivity index (χ4n) is 3.26. The fraction of sp³-hybridized carbons (Fsp3) is 0.500. The maximum absolute atomic E-state index is 12.9. The van der Waals surface area contributed by atoms with Gasteiger partial charge < -0.3 is 10.4 Å². The molecule has 2 rings (SSSR count). The van der Waals surface area contributed by atoms with E-state index in [0.717, 1.165) is 4.90 Å². The van der Waals surface area contributed by atoms with E-state index in [0.29, 0.717) is 6.42 Å². The van der Waals surface area contributed by atoms with Crippen LogP contribution in [0.3, 0.4) is 0 Å². The van der Waals surface area contributed by atoms with Gasteiger partial charge in [-0.3, -0.25) is 19.3 Å². The topological polar surface area (TPSA) is 104 Å². The van der Waals surface area contributed by atoms with Crippen LogP contribution in [0.15, 0.2) is 24.3 Å². The molecule has 3 amide bonds. The van der Waals surface area contributed by atoms with Crippen molar-refractivity contribution in [2.24, 2.45) is 11.8 Å². The number of benzene rings is 1. The molecule has 0 radical (unpaired) electrons. The lowest BCUT2D eigenvalue weighted by Crippen LogP contribution is -2.56. The van der Waals surface area contributed by atoms with E-state index < -0.39 is 35.8 Å². The molecular formula is C20H26N2O5. The second kappa shape index (κ2) is 8.33. The number of fused-ring (bicyclic) bond motifs is 1. The molecule has 0 saturated carbocycles. The molecule has 0 aromatic heterocycles. The predicted molar refractivity (Wildman–Crippen MR) is 99.2 cm³/mol. The van der Waals surface area contributed by atoms with Crippen LogP contribution in [0.25, 0.3) is 0 Å². The van der Waals surface area contributed by atoms with Crippen molar-refractivity contribution in [1.82, 2.24) is 10.2 Å². The molecule has 27 heavy (non-hydrogen) atoms. The van der Waals surface area contributed by atoms with Crippen molar-refractivity contribution in [1.29, 1.82) is 0 Å². The van der Waals surface area contributed by atoms with E-state index in [1.807, 2.05) is 20.8 Å². The Hall–Kier alpha value is -2.70. The average molecular weight is 374 g/mol. The van der Waals surface area contributed by atoms with Crippen molar-refractivity contribution >= 4 is 23.7 Å². The quantitative estimate of drug-likeness (QED) is 0.680. The van der Waals surface area contributed by atoms with E-state index in [1.165, 1.54) is 0 Å². The molecule has 0 bridgehead atoms. The molecule has 7 nitrogen and oxygen atoms in total. The van der Waals surface area contributed by atoms with Gasteiger partial charge in [0.05, 0.1) is 11.1 Å². The monoisotopic (exact) mass is 374 g/mol. The van der Waals surface area contributed by atoms with E-state index in [4.69, 9.17) is 0 Å². The van der Waals surface area contributed by atoms with Crippen molar-refractivity contribution in [2.75, 3.05) is 0 Å². The van der Waals surface area contributed by atoms with E-state index in [-0.39, 0.29) is 29.4 Å². The third-order valence-corrected chi connectivity index (χ3v) is 4.88. The SMILES string of the molecule is CC[C@@H](C)[C@@H](C(=O)N[C@@H](CC(C)C)C(=O)O)N1C(=O)c2ccccc2C1=O. The third kappa shape index (κ3) is 4.18. The standard InChI is InChI=1S/C20H26N2O5/c1-5-12(4)16(17(23)21-15(20(26)27)10-11(2)3)22-18(24)13-8-6-7-9-14(13)19(22)25/h6-9,11-12,15-16H,5,10H2,1-4H3,(H,21,23)(H,26,27)/t12-,15+,16+/m1/s1. The summed E-state index contributed by atoms with van der Waals surface area (Å²) in [4.78, 5) is 51.0. The molecule has 146 valence electrons. The number of carboxylic acids is 1. The first-order chi connectivity index (χ1) is 12.7. The molecule has 0 spiro atoms. The number of carboxylic acid groups (broad SMARTS) is 1. The molecule has 2 N–H and O–H groups in total. The number of imide groups is 1. The van der Waals surface area contributed by atoms with Crippen LogP contribution in [-0.2, 0) is 9.59 Å². The molecule has 1 aliphatic heterocycles. The van der Waals surface area contributed by atoms with Gasteiger partial charge in [0.25, 0.3) is 11.8 Å². The Morgan fingerprint density at radius 2 is 1.59 bits per heavy atom. The van der Waals surface area contributed by atoms with Gasteiger partial charge in [-0.1, -0.05) is 46.2 Å². The van der Waals surface area contributed by atoms with Crippen molar-refractivity contribution < 1.29 is 24.3 Å². The highest BCUT2D eigenvalue weighted by molar-refractivity contribution is 6.22. The summed E-state index contributed by atoms with van der Waals surface area (Å²) in [6.07, 6.45) is 0.809. The molecule has 0 unspecified atom stereocenters. The van der Waals surface area contributed by atoms with Crippen molar-refractivity contribution in [3.05, 3.63) is 35.4 Å². The highest BCUT2D eigenvalue weighted by Crippen LogP contribution is 2.28. The Kier molecular flexibility index (Phi) is 6.36. The van der Waals surface area contributed by atoms with Gasteiger partial charge >= 0.3 is 5.97 Å². The molecule has 0 saturated heterocycles. The first-order valence-electron chi connectivity index (χ1n) is 9.19. The Balaban J connectivity index is 2.33. The van der Waals surface area contributed by atoms with Crippen molar-refractivity contribution in [3.8, 4) is 0 Å². The molecule has 7 heteroatoms. The molecule has 0 fully saturated rings. The highest BCUT2D eigenvalue weighted by atomic mass is 16.4. The fourth-order valence-corrected chi connectivity index (χ4v) is 3.26. The normalized spacial score (nSPS) is 16.9. The molecule has 1 aliphatic rings. The number of carbonyl (C=O) groups excluding carboxylic acids is 3. The van der Waals surface area contributed by atoms with E-state index in [1.54, 1.807) is 31.2 Å². The number of rotatable bonds is 8. The molecule has 3 atom stereocenters. The summed E-state index contributed by atoms with van der Waals surface area (Å²) in [5.41, 5.74) is 0.529. The zero-order chi connectivity index (χ0) is 20.3. The van der Waals surface area contributed by atoms with E-state index in [2.05, 4.69) is 5.32 Å². The maximum Gasteiger partial charge on any atom is 0.326 e. The third-order valence-electron chi connectivity index (χ3n) is 4.88. The van der Waals surface area contributed by atoms with Crippen LogP contribution in [0.2, 0.25) is 0 Å². The number of hydrogen-bond donors (Lipinski definition) is 2. The lowest BCUT2D eigenvalue weighted by molar-refractivity contribution is -0.143. The lowest BCUT2D eigenvalue weighted by atomic mass is 9.95. The average Bonchev–Trinajstić information content (AvgIpc) is 2.86. The smallest absolute Gasteiger partial charge is 0.326 e. The lowest BCUT2D eigenvalue weighted by Gasteiger charge is -2.31. The van der Waals surface area contributed by atoms with Crippen LogP contribution in [0.4, 0.5) is 0 Å². The number of nitrogens with one attached hydrogen (secondary N) is 1. The van der Waals surface area contributed by atoms with Crippen LogP contribution in [-0.4, -0.2) is 45.8 Å². The summed E-state index contributed by atoms with van der Waals surface area (Å²) in [5.74, 6) is -3.05. The molecule has 0 aliphatic carbocycles. The first kappa shape index (κ1) is 20.6. The zero-order valence-electron chi connectivity index (χ0n) is 16.1. The van der Waals surface area contributed by atoms with Gasteiger partial charge in [-0.2, -0.15) is 0 Å².